The second kappa shape index (κ2) is 10.2. The number of piperidine rings is 1. The van der Waals surface area contributed by atoms with E-state index in [0.29, 0.717) is 43.1 Å². The molecule has 1 aliphatic heterocycles. The van der Waals surface area contributed by atoms with E-state index in [0.717, 1.165) is 48.1 Å². The van der Waals surface area contributed by atoms with E-state index < -0.39 is 22.7 Å². The van der Waals surface area contributed by atoms with Gasteiger partial charge in [0.2, 0.25) is 0 Å². The van der Waals surface area contributed by atoms with Gasteiger partial charge in [0.1, 0.15) is 17.7 Å². The van der Waals surface area contributed by atoms with E-state index in [4.69, 9.17) is 0 Å². The topological polar surface area (TPSA) is 95.5 Å². The van der Waals surface area contributed by atoms with Crippen LogP contribution in [0.3, 0.4) is 0 Å². The van der Waals surface area contributed by atoms with Crippen molar-refractivity contribution in [3.8, 4) is 11.8 Å². The number of rotatable bonds is 6. The van der Waals surface area contributed by atoms with E-state index in [1.165, 1.54) is 6.07 Å². The number of alkyl halides is 3. The standard InChI is InChI=1S/C30H32F3N7O/c1-19-5-4-10-39(15-19)16-22-12-24-25(30(31,32)33)17-40(27(41)26(24)36-22)23-7-3-6-21(11-23)29(13-20(14-29)8-9-34)28-37-35-18-38(28)2/h3,6-7,11-12,17-20,36H,4-5,8,10,13-16H2,1-2H3/t19-,20?,29?/m0/s1. The summed E-state index contributed by atoms with van der Waals surface area (Å²) in [6, 6.07) is 10.8. The van der Waals surface area contributed by atoms with Gasteiger partial charge in [-0.25, -0.2) is 0 Å². The maximum absolute atomic E-state index is 14.4. The molecule has 2 fully saturated rings. The number of aromatic nitrogens is 5. The van der Waals surface area contributed by atoms with Crippen LogP contribution >= 0.6 is 0 Å². The number of halogens is 3. The van der Waals surface area contributed by atoms with Gasteiger partial charge in [0, 0.05) is 49.5 Å². The molecule has 6 rings (SSSR count). The zero-order valence-corrected chi connectivity index (χ0v) is 23.1. The zero-order valence-electron chi connectivity index (χ0n) is 23.1. The highest BCUT2D eigenvalue weighted by molar-refractivity contribution is 5.84. The van der Waals surface area contributed by atoms with E-state index in [-0.39, 0.29) is 16.8 Å². The van der Waals surface area contributed by atoms with Gasteiger partial charge < -0.3 is 9.55 Å². The Morgan fingerprint density at radius 2 is 2.05 bits per heavy atom. The van der Waals surface area contributed by atoms with Gasteiger partial charge in [-0.05, 0) is 67.8 Å². The molecule has 0 radical (unpaired) electrons. The van der Waals surface area contributed by atoms with Crippen LogP contribution in [0.5, 0.6) is 0 Å². The highest BCUT2D eigenvalue weighted by atomic mass is 19.4. The summed E-state index contributed by atoms with van der Waals surface area (Å²) in [5, 5.41) is 17.5. The van der Waals surface area contributed by atoms with E-state index in [1.54, 1.807) is 24.5 Å². The van der Waals surface area contributed by atoms with Crippen LogP contribution < -0.4 is 5.56 Å². The molecular weight excluding hydrogens is 531 g/mol. The van der Waals surface area contributed by atoms with Gasteiger partial charge in [-0.15, -0.1) is 10.2 Å². The first-order valence-corrected chi connectivity index (χ1v) is 14.0. The molecule has 11 heteroatoms. The third-order valence-corrected chi connectivity index (χ3v) is 8.77. The monoisotopic (exact) mass is 563 g/mol. The van der Waals surface area contributed by atoms with Gasteiger partial charge in [-0.1, -0.05) is 19.1 Å². The van der Waals surface area contributed by atoms with Crippen LogP contribution in [0, 0.1) is 23.2 Å². The molecule has 0 spiro atoms. The molecule has 1 aromatic carbocycles. The summed E-state index contributed by atoms with van der Waals surface area (Å²) in [5.74, 6) is 1.43. The van der Waals surface area contributed by atoms with Crippen LogP contribution in [0.15, 0.2) is 47.7 Å². The van der Waals surface area contributed by atoms with E-state index in [9.17, 15) is 23.2 Å². The SMILES string of the molecule is C[C@H]1CCCN(Cc2cc3c(C(F)(F)F)cn(-c4cccc(C5(c6nncn6C)CC(CC#N)C5)c4)c(=O)c3[nH]2)C1. The van der Waals surface area contributed by atoms with Gasteiger partial charge in [0.25, 0.3) is 5.56 Å². The van der Waals surface area contributed by atoms with Crippen LogP contribution in [-0.2, 0) is 25.2 Å². The first-order valence-electron chi connectivity index (χ1n) is 14.0. The molecule has 0 amide bonds. The van der Waals surface area contributed by atoms with Gasteiger partial charge in [0.15, 0.2) is 0 Å². The minimum atomic E-state index is -4.65. The minimum absolute atomic E-state index is 0.0500. The molecule has 4 heterocycles. The molecule has 41 heavy (non-hydrogen) atoms. The summed E-state index contributed by atoms with van der Waals surface area (Å²) in [4.78, 5) is 19.0. The fourth-order valence-corrected chi connectivity index (χ4v) is 6.86. The number of aryl methyl sites for hydroxylation is 1. The fraction of sp³-hybridized carbons (Fsp3) is 0.467. The van der Waals surface area contributed by atoms with Crippen molar-refractivity contribution >= 4 is 10.9 Å². The third kappa shape index (κ3) is 4.84. The number of benzene rings is 1. The molecule has 1 saturated carbocycles. The molecule has 4 aromatic rings. The molecular formula is C30H32F3N7O. The molecule has 214 valence electrons. The maximum atomic E-state index is 14.4. The average Bonchev–Trinajstić information content (AvgIpc) is 3.52. The Labute approximate surface area is 235 Å². The van der Waals surface area contributed by atoms with Crippen LogP contribution in [0.2, 0.25) is 0 Å². The maximum Gasteiger partial charge on any atom is 0.418 e. The molecule has 8 nitrogen and oxygen atoms in total. The lowest BCUT2D eigenvalue weighted by atomic mass is 9.57. The third-order valence-electron chi connectivity index (χ3n) is 8.77. The second-order valence-electron chi connectivity index (χ2n) is 11.8. The quantitative estimate of drug-likeness (QED) is 0.343. The molecule has 1 aliphatic carbocycles. The average molecular weight is 564 g/mol. The largest absolute Gasteiger partial charge is 0.418 e. The van der Waals surface area contributed by atoms with Crippen LogP contribution in [0.25, 0.3) is 16.6 Å². The van der Waals surface area contributed by atoms with Crippen molar-refractivity contribution in [3.05, 3.63) is 75.9 Å². The fourth-order valence-electron chi connectivity index (χ4n) is 6.86. The van der Waals surface area contributed by atoms with E-state index in [2.05, 4.69) is 33.1 Å². The highest BCUT2D eigenvalue weighted by Gasteiger charge is 2.49. The molecule has 3 aromatic heterocycles. The van der Waals surface area contributed by atoms with Gasteiger partial charge in [-0.2, -0.15) is 18.4 Å². The number of pyridine rings is 1. The van der Waals surface area contributed by atoms with Crippen molar-refractivity contribution in [2.75, 3.05) is 13.1 Å². The molecule has 1 atom stereocenters. The van der Waals surface area contributed by atoms with E-state index in [1.807, 2.05) is 17.7 Å². The predicted molar refractivity (Wildman–Crippen MR) is 147 cm³/mol. The Morgan fingerprint density at radius 1 is 1.24 bits per heavy atom. The van der Waals surface area contributed by atoms with Crippen molar-refractivity contribution in [1.29, 1.82) is 5.26 Å². The molecule has 2 aliphatic rings. The Bertz CT molecular complexity index is 1690. The summed E-state index contributed by atoms with van der Waals surface area (Å²) in [6.45, 7) is 4.40. The Hall–Kier alpha value is -3.91. The predicted octanol–water partition coefficient (Wildman–Crippen LogP) is 5.31. The Morgan fingerprint density at radius 3 is 2.73 bits per heavy atom. The number of aromatic amines is 1. The summed E-state index contributed by atoms with van der Waals surface area (Å²) in [7, 11) is 1.85. The summed E-state index contributed by atoms with van der Waals surface area (Å²) in [5.41, 5.74) is -0.221. The molecule has 0 unspecified atom stereocenters. The first kappa shape index (κ1) is 27.3. The summed E-state index contributed by atoms with van der Waals surface area (Å²) < 4.78 is 46.0. The molecule has 0 bridgehead atoms. The van der Waals surface area contributed by atoms with Crippen molar-refractivity contribution in [1.82, 2.24) is 29.2 Å². The lowest BCUT2D eigenvalue weighted by molar-refractivity contribution is -0.136. The number of nitrogens with zero attached hydrogens (tertiary/aromatic N) is 6. The lowest BCUT2D eigenvalue weighted by Crippen LogP contribution is -2.44. The van der Waals surface area contributed by atoms with Gasteiger partial charge >= 0.3 is 6.18 Å². The molecule has 1 N–H and O–H groups in total. The number of hydrogen-bond donors (Lipinski definition) is 1. The number of nitriles is 1. The normalized spacial score (nSPS) is 23.4. The summed E-state index contributed by atoms with van der Waals surface area (Å²) in [6.07, 6.45) is 1.80. The van der Waals surface area contributed by atoms with Crippen LogP contribution in [-0.4, -0.2) is 42.3 Å². The number of likely N-dealkylation sites (tertiary alicyclic amines) is 1. The minimum Gasteiger partial charge on any atom is -0.353 e. The smallest absolute Gasteiger partial charge is 0.353 e. The Balaban J connectivity index is 1.44. The first-order chi connectivity index (χ1) is 19.6. The van der Waals surface area contributed by atoms with Crippen LogP contribution in [0.4, 0.5) is 13.2 Å². The number of fused-ring (bicyclic) bond motifs is 1. The van der Waals surface area contributed by atoms with Gasteiger partial charge in [-0.3, -0.25) is 14.3 Å². The summed E-state index contributed by atoms with van der Waals surface area (Å²) >= 11 is 0. The number of nitrogens with one attached hydrogen (secondary N) is 1. The number of hydrogen-bond acceptors (Lipinski definition) is 5. The highest BCUT2D eigenvalue weighted by Crippen LogP contribution is 2.53. The van der Waals surface area contributed by atoms with Crippen molar-refractivity contribution < 1.29 is 13.2 Å². The second-order valence-corrected chi connectivity index (χ2v) is 11.8. The van der Waals surface area contributed by atoms with E-state index >= 15 is 0 Å². The zero-order chi connectivity index (χ0) is 28.9. The van der Waals surface area contributed by atoms with Crippen LogP contribution in [0.1, 0.15) is 61.7 Å². The number of H-pyrrole nitrogens is 1. The molecule has 1 saturated heterocycles. The lowest BCUT2D eigenvalue weighted by Gasteiger charge is -2.46. The Kier molecular flexibility index (Phi) is 6.77. The van der Waals surface area contributed by atoms with Crippen molar-refractivity contribution in [3.63, 3.8) is 0 Å². The van der Waals surface area contributed by atoms with Crippen molar-refractivity contribution in [2.45, 2.75) is 57.2 Å². The van der Waals surface area contributed by atoms with Gasteiger partial charge in [0.05, 0.1) is 17.0 Å². The van der Waals surface area contributed by atoms with Crippen molar-refractivity contribution in [2.24, 2.45) is 18.9 Å².